The number of benzene rings is 2. The van der Waals surface area contributed by atoms with Gasteiger partial charge in [-0.05, 0) is 67.3 Å². The molecule has 0 saturated carbocycles. The zero-order valence-corrected chi connectivity index (χ0v) is 20.2. The first-order valence-electron chi connectivity index (χ1n) is 11.0. The summed E-state index contributed by atoms with van der Waals surface area (Å²) in [5.41, 5.74) is 3.01. The number of rotatable bonds is 9. The lowest BCUT2D eigenvalue weighted by molar-refractivity contribution is -0.123. The van der Waals surface area contributed by atoms with Crippen LogP contribution in [-0.4, -0.2) is 35.3 Å². The zero-order valence-electron chi connectivity index (χ0n) is 19.4. The average molecular weight is 454 g/mol. The Balaban J connectivity index is 1.69. The van der Waals surface area contributed by atoms with Crippen molar-refractivity contribution in [2.45, 2.75) is 53.1 Å². The molecule has 1 saturated heterocycles. The zero-order chi connectivity index (χ0) is 23.3. The molecule has 32 heavy (non-hydrogen) atoms. The SMILES string of the molecule is CCC(C)Oc1ccccc1/C=C1\SC(=O)N(CCOc2cc(C)ccc2C(C)C)C1=O. The van der Waals surface area contributed by atoms with Gasteiger partial charge in [0, 0.05) is 5.56 Å². The van der Waals surface area contributed by atoms with Crippen molar-refractivity contribution in [2.75, 3.05) is 13.2 Å². The summed E-state index contributed by atoms with van der Waals surface area (Å²) < 4.78 is 11.9. The number of nitrogens with zero attached hydrogens (tertiary/aromatic N) is 1. The molecule has 0 radical (unpaired) electrons. The van der Waals surface area contributed by atoms with Gasteiger partial charge in [-0.1, -0.05) is 51.1 Å². The van der Waals surface area contributed by atoms with Crippen molar-refractivity contribution in [2.24, 2.45) is 0 Å². The van der Waals surface area contributed by atoms with Crippen LogP contribution in [0.3, 0.4) is 0 Å². The number of amides is 2. The van der Waals surface area contributed by atoms with Crippen LogP contribution in [0.15, 0.2) is 47.4 Å². The second kappa shape index (κ2) is 10.7. The molecule has 0 aromatic heterocycles. The topological polar surface area (TPSA) is 55.8 Å². The largest absolute Gasteiger partial charge is 0.491 e. The van der Waals surface area contributed by atoms with Crippen LogP contribution in [-0.2, 0) is 4.79 Å². The normalized spacial score (nSPS) is 16.2. The van der Waals surface area contributed by atoms with Crippen LogP contribution in [0.4, 0.5) is 4.79 Å². The minimum Gasteiger partial charge on any atom is -0.491 e. The Bertz CT molecular complexity index is 1010. The molecule has 3 rings (SSSR count). The summed E-state index contributed by atoms with van der Waals surface area (Å²) >= 11 is 0.954. The highest BCUT2D eigenvalue weighted by atomic mass is 32.2. The van der Waals surface area contributed by atoms with Crippen LogP contribution in [0.5, 0.6) is 11.5 Å². The highest BCUT2D eigenvalue weighted by Gasteiger charge is 2.35. The highest BCUT2D eigenvalue weighted by molar-refractivity contribution is 8.18. The van der Waals surface area contributed by atoms with Crippen LogP contribution < -0.4 is 9.47 Å². The van der Waals surface area contributed by atoms with E-state index in [0.717, 1.165) is 40.6 Å². The van der Waals surface area contributed by atoms with E-state index in [1.807, 2.05) is 44.2 Å². The predicted octanol–water partition coefficient (Wildman–Crippen LogP) is 6.41. The van der Waals surface area contributed by atoms with Crippen LogP contribution in [0.2, 0.25) is 0 Å². The molecule has 1 heterocycles. The first-order chi connectivity index (χ1) is 15.3. The quantitative estimate of drug-likeness (QED) is 0.411. The maximum absolute atomic E-state index is 12.9. The number of hydrogen-bond acceptors (Lipinski definition) is 5. The molecule has 2 aromatic rings. The Kier molecular flexibility index (Phi) is 8.02. The van der Waals surface area contributed by atoms with Gasteiger partial charge in [-0.25, -0.2) is 0 Å². The lowest BCUT2D eigenvalue weighted by Gasteiger charge is -2.17. The fraction of sp³-hybridized carbons (Fsp3) is 0.385. The van der Waals surface area contributed by atoms with Crippen molar-refractivity contribution >= 4 is 29.0 Å². The van der Waals surface area contributed by atoms with E-state index < -0.39 is 0 Å². The third-order valence-corrected chi connectivity index (χ3v) is 6.25. The number of imide groups is 1. The van der Waals surface area contributed by atoms with Gasteiger partial charge in [0.25, 0.3) is 11.1 Å². The maximum Gasteiger partial charge on any atom is 0.293 e. The molecule has 1 fully saturated rings. The number of thioether (sulfide) groups is 1. The van der Waals surface area contributed by atoms with E-state index in [9.17, 15) is 9.59 Å². The van der Waals surface area contributed by atoms with Crippen molar-refractivity contribution in [3.8, 4) is 11.5 Å². The molecule has 0 spiro atoms. The lowest BCUT2D eigenvalue weighted by Crippen LogP contribution is -2.32. The summed E-state index contributed by atoms with van der Waals surface area (Å²) in [6.07, 6.45) is 2.68. The van der Waals surface area contributed by atoms with Gasteiger partial charge in [0.15, 0.2) is 0 Å². The van der Waals surface area contributed by atoms with Gasteiger partial charge in [0.2, 0.25) is 0 Å². The van der Waals surface area contributed by atoms with Crippen LogP contribution in [0, 0.1) is 6.92 Å². The monoisotopic (exact) mass is 453 g/mol. The number of hydrogen-bond donors (Lipinski definition) is 0. The van der Waals surface area contributed by atoms with Crippen molar-refractivity contribution in [1.29, 1.82) is 0 Å². The second-order valence-electron chi connectivity index (χ2n) is 8.25. The summed E-state index contributed by atoms with van der Waals surface area (Å²) in [5.74, 6) is 1.54. The van der Waals surface area contributed by atoms with Crippen LogP contribution in [0.1, 0.15) is 56.7 Å². The lowest BCUT2D eigenvalue weighted by atomic mass is 10.0. The fourth-order valence-corrected chi connectivity index (χ4v) is 4.19. The van der Waals surface area contributed by atoms with E-state index in [2.05, 4.69) is 32.9 Å². The molecule has 2 amide bonds. The number of ether oxygens (including phenoxy) is 2. The molecule has 0 aliphatic carbocycles. The summed E-state index contributed by atoms with van der Waals surface area (Å²) in [7, 11) is 0. The first kappa shape index (κ1) is 23.9. The standard InChI is InChI=1S/C26H31NO4S/c1-6-19(5)31-22-10-8-7-9-20(22)16-24-25(28)27(26(29)32-24)13-14-30-23-15-18(4)11-12-21(23)17(2)3/h7-12,15-17,19H,6,13-14H2,1-5H3/b24-16-. The van der Waals surface area contributed by atoms with Gasteiger partial charge in [0.1, 0.15) is 18.1 Å². The van der Waals surface area contributed by atoms with E-state index in [1.165, 1.54) is 4.90 Å². The smallest absolute Gasteiger partial charge is 0.293 e. The molecule has 1 atom stereocenters. The van der Waals surface area contributed by atoms with Crippen molar-refractivity contribution in [3.63, 3.8) is 0 Å². The van der Waals surface area contributed by atoms with Crippen molar-refractivity contribution in [1.82, 2.24) is 4.90 Å². The fourth-order valence-electron chi connectivity index (χ4n) is 3.33. The third-order valence-electron chi connectivity index (χ3n) is 5.35. The Morgan fingerprint density at radius 3 is 2.53 bits per heavy atom. The molecule has 5 nitrogen and oxygen atoms in total. The average Bonchev–Trinajstić information content (AvgIpc) is 3.02. The van der Waals surface area contributed by atoms with Gasteiger partial charge in [-0.3, -0.25) is 14.5 Å². The Morgan fingerprint density at radius 1 is 1.06 bits per heavy atom. The van der Waals surface area contributed by atoms with E-state index in [-0.39, 0.29) is 30.4 Å². The molecule has 0 bridgehead atoms. The summed E-state index contributed by atoms with van der Waals surface area (Å²) in [4.78, 5) is 27.1. The Hall–Kier alpha value is -2.73. The Labute approximate surface area is 194 Å². The van der Waals surface area contributed by atoms with Gasteiger partial charge >= 0.3 is 0 Å². The van der Waals surface area contributed by atoms with Gasteiger partial charge in [-0.2, -0.15) is 0 Å². The minimum atomic E-state index is -0.296. The number of carbonyl (C=O) groups excluding carboxylic acids is 2. The third kappa shape index (κ3) is 5.74. The molecule has 170 valence electrons. The molecule has 1 unspecified atom stereocenters. The van der Waals surface area contributed by atoms with Gasteiger partial charge < -0.3 is 9.47 Å². The molecule has 6 heteroatoms. The molecule has 1 aliphatic heterocycles. The summed E-state index contributed by atoms with van der Waals surface area (Å²) in [5, 5.41) is -0.279. The van der Waals surface area contributed by atoms with Gasteiger partial charge in [-0.15, -0.1) is 0 Å². The van der Waals surface area contributed by atoms with Crippen molar-refractivity contribution in [3.05, 3.63) is 64.1 Å². The van der Waals surface area contributed by atoms with E-state index in [0.29, 0.717) is 16.6 Å². The van der Waals surface area contributed by atoms with E-state index in [1.54, 1.807) is 6.08 Å². The maximum atomic E-state index is 12.9. The van der Waals surface area contributed by atoms with E-state index in [4.69, 9.17) is 9.47 Å². The van der Waals surface area contributed by atoms with Gasteiger partial charge in [0.05, 0.1) is 17.6 Å². The minimum absolute atomic E-state index is 0.0640. The molecule has 2 aromatic carbocycles. The molecule has 0 N–H and O–H groups in total. The molecular formula is C26H31NO4S. The summed E-state index contributed by atoms with van der Waals surface area (Å²) in [6.45, 7) is 10.8. The highest BCUT2D eigenvalue weighted by Crippen LogP contribution is 2.34. The predicted molar refractivity (Wildman–Crippen MR) is 130 cm³/mol. The number of aryl methyl sites for hydroxylation is 1. The number of carbonyl (C=O) groups is 2. The molecular weight excluding hydrogens is 422 g/mol. The number of para-hydroxylation sites is 1. The van der Waals surface area contributed by atoms with E-state index >= 15 is 0 Å². The Morgan fingerprint density at radius 2 is 1.81 bits per heavy atom. The first-order valence-corrected chi connectivity index (χ1v) is 11.9. The van der Waals surface area contributed by atoms with Crippen molar-refractivity contribution < 1.29 is 19.1 Å². The summed E-state index contributed by atoms with van der Waals surface area (Å²) in [6, 6.07) is 13.7. The second-order valence-corrected chi connectivity index (χ2v) is 9.25. The van der Waals surface area contributed by atoms with Crippen LogP contribution in [0.25, 0.3) is 6.08 Å². The molecule has 1 aliphatic rings. The van der Waals surface area contributed by atoms with Crippen LogP contribution >= 0.6 is 11.8 Å².